The fraction of sp³-hybridized carbons (Fsp3) is 0.769. The van der Waals surface area contributed by atoms with E-state index in [1.807, 2.05) is 4.68 Å². The van der Waals surface area contributed by atoms with Crippen molar-refractivity contribution in [2.45, 2.75) is 38.1 Å². The van der Waals surface area contributed by atoms with Crippen LogP contribution in [0.3, 0.4) is 0 Å². The Kier molecular flexibility index (Phi) is 6.67. The number of hydrogen-bond donors (Lipinski definition) is 0. The number of aromatic nitrogens is 2. The molecule has 1 aromatic heterocycles. The third-order valence-corrected chi connectivity index (χ3v) is 4.87. The van der Waals surface area contributed by atoms with Crippen molar-refractivity contribution in [1.29, 1.82) is 0 Å². The molecule has 0 aromatic carbocycles. The molecule has 0 saturated carbocycles. The molecule has 1 heterocycles. The molecule has 0 aliphatic carbocycles. The average molecular weight is 337 g/mol. The summed E-state index contributed by atoms with van der Waals surface area (Å²) < 4.78 is 2.03. The molecule has 18 heavy (non-hydrogen) atoms. The number of nitrogens with zero attached hydrogens (tertiary/aromatic N) is 3. The summed E-state index contributed by atoms with van der Waals surface area (Å²) in [6.45, 7) is 6.32. The van der Waals surface area contributed by atoms with Crippen molar-refractivity contribution in [2.24, 2.45) is 5.92 Å². The first-order chi connectivity index (χ1) is 8.41. The predicted octanol–water partition coefficient (Wildman–Crippen LogP) is 3.45. The standard InChI is InChI=1S/C13H23BrClN3/c1-10(2)11(14)5-6-13-12(15)9-16-18(13)8-7-17(3)4/h9-11H,5-8H2,1-4H3. The smallest absolute Gasteiger partial charge is 0.0817 e. The Morgan fingerprint density at radius 2 is 2.11 bits per heavy atom. The first kappa shape index (κ1) is 16.0. The molecule has 1 unspecified atom stereocenters. The summed E-state index contributed by atoms with van der Waals surface area (Å²) in [7, 11) is 4.14. The van der Waals surface area contributed by atoms with Crippen molar-refractivity contribution in [3.63, 3.8) is 0 Å². The minimum absolute atomic E-state index is 0.533. The van der Waals surface area contributed by atoms with Crippen LogP contribution in [0.5, 0.6) is 0 Å². The van der Waals surface area contributed by atoms with Gasteiger partial charge in [0.1, 0.15) is 0 Å². The monoisotopic (exact) mass is 335 g/mol. The van der Waals surface area contributed by atoms with Crippen LogP contribution >= 0.6 is 27.5 Å². The second-order valence-electron chi connectivity index (χ2n) is 5.26. The summed E-state index contributed by atoms with van der Waals surface area (Å²) in [6.07, 6.45) is 3.82. The number of hydrogen-bond acceptors (Lipinski definition) is 2. The molecule has 1 aromatic rings. The molecule has 104 valence electrons. The van der Waals surface area contributed by atoms with Crippen LogP contribution in [0.4, 0.5) is 0 Å². The predicted molar refractivity (Wildman–Crippen MR) is 81.7 cm³/mol. The van der Waals surface area contributed by atoms with Gasteiger partial charge in [0.2, 0.25) is 0 Å². The highest BCUT2D eigenvalue weighted by Crippen LogP contribution is 2.22. The van der Waals surface area contributed by atoms with E-state index in [1.165, 1.54) is 0 Å². The molecule has 1 rings (SSSR count). The molecule has 0 N–H and O–H groups in total. The third-order valence-electron chi connectivity index (χ3n) is 3.04. The van der Waals surface area contributed by atoms with E-state index in [4.69, 9.17) is 11.6 Å². The van der Waals surface area contributed by atoms with Crippen LogP contribution < -0.4 is 0 Å². The second kappa shape index (κ2) is 7.51. The quantitative estimate of drug-likeness (QED) is 0.711. The maximum absolute atomic E-state index is 6.21. The normalized spacial score (nSPS) is 13.6. The van der Waals surface area contributed by atoms with Crippen LogP contribution in [0.2, 0.25) is 5.02 Å². The van der Waals surface area contributed by atoms with Gasteiger partial charge in [-0.2, -0.15) is 5.10 Å². The van der Waals surface area contributed by atoms with Gasteiger partial charge in [0.15, 0.2) is 0 Å². The lowest BCUT2D eigenvalue weighted by Crippen LogP contribution is -2.20. The van der Waals surface area contributed by atoms with Gasteiger partial charge in [0.25, 0.3) is 0 Å². The van der Waals surface area contributed by atoms with Crippen LogP contribution in [0.1, 0.15) is 26.0 Å². The second-order valence-corrected chi connectivity index (χ2v) is 6.85. The van der Waals surface area contributed by atoms with Crippen LogP contribution in [0.25, 0.3) is 0 Å². The van der Waals surface area contributed by atoms with Crippen LogP contribution in [0, 0.1) is 5.92 Å². The summed E-state index contributed by atoms with van der Waals surface area (Å²) in [5.41, 5.74) is 1.16. The van der Waals surface area contributed by atoms with Crippen molar-refractivity contribution in [1.82, 2.24) is 14.7 Å². The molecule has 0 aliphatic rings. The maximum atomic E-state index is 6.21. The van der Waals surface area contributed by atoms with E-state index in [9.17, 15) is 0 Å². The lowest BCUT2D eigenvalue weighted by atomic mass is 10.1. The fourth-order valence-electron chi connectivity index (χ4n) is 1.73. The zero-order valence-electron chi connectivity index (χ0n) is 11.7. The van der Waals surface area contributed by atoms with Crippen molar-refractivity contribution >= 4 is 27.5 Å². The lowest BCUT2D eigenvalue weighted by molar-refractivity contribution is 0.368. The zero-order chi connectivity index (χ0) is 13.7. The van der Waals surface area contributed by atoms with Gasteiger partial charge in [0.05, 0.1) is 23.5 Å². The molecule has 0 spiro atoms. The number of likely N-dealkylation sites (N-methyl/N-ethyl adjacent to an activating group) is 1. The molecular weight excluding hydrogens is 314 g/mol. The van der Waals surface area contributed by atoms with Crippen molar-refractivity contribution in [3.8, 4) is 0 Å². The Morgan fingerprint density at radius 3 is 2.67 bits per heavy atom. The number of rotatable bonds is 7. The lowest BCUT2D eigenvalue weighted by Gasteiger charge is -2.15. The van der Waals surface area contributed by atoms with Gasteiger partial charge < -0.3 is 4.90 Å². The summed E-state index contributed by atoms with van der Waals surface area (Å²) in [4.78, 5) is 2.69. The molecule has 5 heteroatoms. The Hall–Kier alpha value is -0.0600. The molecular formula is C13H23BrClN3. The topological polar surface area (TPSA) is 21.1 Å². The van der Waals surface area contributed by atoms with E-state index in [0.29, 0.717) is 10.7 Å². The zero-order valence-corrected chi connectivity index (χ0v) is 14.0. The summed E-state index contributed by atoms with van der Waals surface area (Å²) in [5, 5.41) is 5.14. The van der Waals surface area contributed by atoms with Gasteiger partial charge in [0, 0.05) is 11.4 Å². The Labute approximate surface area is 124 Å². The van der Waals surface area contributed by atoms with E-state index in [1.54, 1.807) is 6.20 Å². The number of alkyl halides is 1. The minimum atomic E-state index is 0.533. The Balaban J connectivity index is 2.60. The summed E-state index contributed by atoms with van der Waals surface area (Å²) in [5.74, 6) is 0.641. The highest BCUT2D eigenvalue weighted by atomic mass is 79.9. The van der Waals surface area contributed by atoms with Crippen LogP contribution in [0.15, 0.2) is 6.20 Å². The summed E-state index contributed by atoms with van der Waals surface area (Å²) >= 11 is 9.93. The van der Waals surface area contributed by atoms with E-state index < -0.39 is 0 Å². The molecule has 3 nitrogen and oxygen atoms in total. The fourth-order valence-corrected chi connectivity index (χ4v) is 2.20. The van der Waals surface area contributed by atoms with Gasteiger partial charge >= 0.3 is 0 Å². The number of halogens is 2. The third kappa shape index (κ3) is 4.90. The van der Waals surface area contributed by atoms with Gasteiger partial charge in [-0.15, -0.1) is 0 Å². The van der Waals surface area contributed by atoms with Gasteiger partial charge in [-0.3, -0.25) is 4.68 Å². The van der Waals surface area contributed by atoms with Crippen molar-refractivity contribution < 1.29 is 0 Å². The van der Waals surface area contributed by atoms with E-state index in [-0.39, 0.29) is 0 Å². The highest BCUT2D eigenvalue weighted by Gasteiger charge is 2.14. The van der Waals surface area contributed by atoms with E-state index in [0.717, 1.165) is 36.6 Å². The summed E-state index contributed by atoms with van der Waals surface area (Å²) in [6, 6.07) is 0. The molecule has 0 fully saturated rings. The Bertz CT molecular complexity index is 363. The van der Waals surface area contributed by atoms with Gasteiger partial charge in [-0.25, -0.2) is 0 Å². The SMILES string of the molecule is CC(C)C(Br)CCc1c(Cl)cnn1CCN(C)C. The first-order valence-corrected chi connectivity index (χ1v) is 7.70. The van der Waals surface area contributed by atoms with E-state index >= 15 is 0 Å². The Morgan fingerprint density at radius 1 is 1.44 bits per heavy atom. The molecule has 0 aliphatic heterocycles. The molecule has 0 radical (unpaired) electrons. The van der Waals surface area contributed by atoms with Gasteiger partial charge in [-0.1, -0.05) is 41.4 Å². The minimum Gasteiger partial charge on any atom is -0.308 e. The van der Waals surface area contributed by atoms with Crippen molar-refractivity contribution in [2.75, 3.05) is 20.6 Å². The molecule has 0 saturated heterocycles. The molecule has 0 amide bonds. The first-order valence-electron chi connectivity index (χ1n) is 6.40. The van der Waals surface area contributed by atoms with Crippen LogP contribution in [-0.2, 0) is 13.0 Å². The average Bonchev–Trinajstić information content (AvgIpc) is 2.64. The van der Waals surface area contributed by atoms with Crippen molar-refractivity contribution in [3.05, 3.63) is 16.9 Å². The van der Waals surface area contributed by atoms with Gasteiger partial charge in [-0.05, 0) is 32.9 Å². The van der Waals surface area contributed by atoms with Crippen LogP contribution in [-0.4, -0.2) is 40.1 Å². The van der Waals surface area contributed by atoms with E-state index in [2.05, 4.69) is 53.9 Å². The highest BCUT2D eigenvalue weighted by molar-refractivity contribution is 9.09. The largest absolute Gasteiger partial charge is 0.308 e. The molecule has 0 bridgehead atoms. The molecule has 1 atom stereocenters. The maximum Gasteiger partial charge on any atom is 0.0817 e.